The summed E-state index contributed by atoms with van der Waals surface area (Å²) in [5.41, 5.74) is 0. The molecular formula is C10H23Br. The summed E-state index contributed by atoms with van der Waals surface area (Å²) in [6.45, 7) is 6.55. The molecule has 0 radical (unpaired) electrons. The highest BCUT2D eigenvalue weighted by molar-refractivity contribution is 9.09. The average Bonchev–Trinajstić information content (AvgIpc) is 2.00. The molecule has 0 saturated carbocycles. The van der Waals surface area contributed by atoms with E-state index in [1.54, 1.807) is 0 Å². The number of hydrogen-bond acceptors (Lipinski definition) is 0. The third kappa shape index (κ3) is 25.1. The molecule has 0 spiro atoms. The molecule has 0 aromatic rings. The summed E-state index contributed by atoms with van der Waals surface area (Å²) in [4.78, 5) is 0. The van der Waals surface area contributed by atoms with Gasteiger partial charge < -0.3 is 0 Å². The fourth-order valence-electron chi connectivity index (χ4n) is 0.854. The molecule has 0 aliphatic carbocycles. The maximum Gasteiger partial charge on any atom is 0.000281 e. The normalized spacial score (nSPS) is 8.73. The third-order valence-electron chi connectivity index (χ3n) is 1.46. The van der Waals surface area contributed by atoms with Crippen LogP contribution in [0.15, 0.2) is 0 Å². The van der Waals surface area contributed by atoms with E-state index in [1.165, 1.54) is 38.5 Å². The van der Waals surface area contributed by atoms with Gasteiger partial charge in [-0.3, -0.25) is 0 Å². The summed E-state index contributed by atoms with van der Waals surface area (Å²) in [6, 6.07) is 0. The molecule has 0 saturated heterocycles. The van der Waals surface area contributed by atoms with E-state index in [0.717, 1.165) is 5.33 Å². The van der Waals surface area contributed by atoms with Crippen molar-refractivity contribution in [1.29, 1.82) is 0 Å². The van der Waals surface area contributed by atoms with Gasteiger partial charge in [0.25, 0.3) is 0 Å². The molecular weight excluding hydrogens is 200 g/mol. The first-order chi connectivity index (χ1) is 5.33. The van der Waals surface area contributed by atoms with Gasteiger partial charge in [0.1, 0.15) is 0 Å². The lowest BCUT2D eigenvalue weighted by atomic mass is 10.1. The predicted octanol–water partition coefficient (Wildman–Crippen LogP) is 4.77. The molecule has 0 atom stereocenters. The molecule has 1 heteroatoms. The van der Waals surface area contributed by atoms with E-state index in [-0.39, 0.29) is 0 Å². The topological polar surface area (TPSA) is 0 Å². The molecule has 11 heavy (non-hydrogen) atoms. The number of rotatable bonds is 5. The summed E-state index contributed by atoms with van der Waals surface area (Å²) >= 11 is 3.15. The lowest BCUT2D eigenvalue weighted by Crippen LogP contribution is -1.73. The van der Waals surface area contributed by atoms with Crippen LogP contribution in [0.3, 0.4) is 0 Å². The van der Waals surface area contributed by atoms with Crippen LogP contribution in [0, 0.1) is 0 Å². The fraction of sp³-hybridized carbons (Fsp3) is 1.00. The minimum atomic E-state index is 1.06. The predicted molar refractivity (Wildman–Crippen MR) is 58.5 cm³/mol. The van der Waals surface area contributed by atoms with Crippen LogP contribution in [0.5, 0.6) is 0 Å². The van der Waals surface area contributed by atoms with Crippen LogP contribution in [0.1, 0.15) is 59.3 Å². The standard InChI is InChI=1S/C8H18.C2H5Br/c1-3-5-7-8-6-4-2;1-2-3/h3-8H2,1-2H3;2H2,1H3. The number of alkyl halides is 1. The highest BCUT2D eigenvalue weighted by Gasteiger charge is 1.83. The van der Waals surface area contributed by atoms with Crippen LogP contribution in [-0.4, -0.2) is 5.33 Å². The van der Waals surface area contributed by atoms with Gasteiger partial charge >= 0.3 is 0 Å². The first kappa shape index (κ1) is 14.0. The molecule has 70 valence electrons. The van der Waals surface area contributed by atoms with Gasteiger partial charge in [-0.25, -0.2) is 0 Å². The SMILES string of the molecule is CCBr.CCCCCCCC. The molecule has 0 rings (SSSR count). The van der Waals surface area contributed by atoms with Crippen molar-refractivity contribution in [2.24, 2.45) is 0 Å². The first-order valence-electron chi connectivity index (χ1n) is 4.89. The van der Waals surface area contributed by atoms with Crippen molar-refractivity contribution in [3.05, 3.63) is 0 Å². The van der Waals surface area contributed by atoms with Gasteiger partial charge in [-0.2, -0.15) is 0 Å². The summed E-state index contributed by atoms with van der Waals surface area (Å²) < 4.78 is 0. The molecule has 0 aromatic carbocycles. The average molecular weight is 223 g/mol. The molecule has 0 aliphatic rings. The Hall–Kier alpha value is 0.480. The smallest absolute Gasteiger partial charge is 0.000281 e. The fourth-order valence-corrected chi connectivity index (χ4v) is 0.854. The van der Waals surface area contributed by atoms with E-state index in [1.807, 2.05) is 6.92 Å². The Bertz CT molecular complexity index is 38.1. The van der Waals surface area contributed by atoms with Gasteiger partial charge in [-0.1, -0.05) is 75.2 Å². The van der Waals surface area contributed by atoms with E-state index in [0.29, 0.717) is 0 Å². The quantitative estimate of drug-likeness (QED) is 0.465. The summed E-state index contributed by atoms with van der Waals surface area (Å²) in [6.07, 6.45) is 8.49. The van der Waals surface area contributed by atoms with Crippen molar-refractivity contribution in [1.82, 2.24) is 0 Å². The van der Waals surface area contributed by atoms with E-state index in [2.05, 4.69) is 29.8 Å². The maximum absolute atomic E-state index is 3.15. The molecule has 0 unspecified atom stereocenters. The van der Waals surface area contributed by atoms with Gasteiger partial charge in [-0.05, 0) is 0 Å². The Morgan fingerprint density at radius 3 is 1.18 bits per heavy atom. The Labute approximate surface area is 80.9 Å². The van der Waals surface area contributed by atoms with E-state index >= 15 is 0 Å². The monoisotopic (exact) mass is 222 g/mol. The van der Waals surface area contributed by atoms with Gasteiger partial charge in [-0.15, -0.1) is 0 Å². The van der Waals surface area contributed by atoms with Crippen LogP contribution in [0.4, 0.5) is 0 Å². The molecule has 0 fully saturated rings. The molecule has 0 heterocycles. The summed E-state index contributed by atoms with van der Waals surface area (Å²) in [7, 11) is 0. The van der Waals surface area contributed by atoms with Crippen molar-refractivity contribution in [2.75, 3.05) is 5.33 Å². The van der Waals surface area contributed by atoms with E-state index < -0.39 is 0 Å². The Balaban J connectivity index is 0. The number of hydrogen-bond donors (Lipinski definition) is 0. The van der Waals surface area contributed by atoms with Crippen molar-refractivity contribution in [2.45, 2.75) is 59.3 Å². The van der Waals surface area contributed by atoms with Crippen LogP contribution in [0.2, 0.25) is 0 Å². The van der Waals surface area contributed by atoms with Crippen LogP contribution >= 0.6 is 15.9 Å². The van der Waals surface area contributed by atoms with Gasteiger partial charge in [0.15, 0.2) is 0 Å². The minimum absolute atomic E-state index is 1.06. The number of unbranched alkanes of at least 4 members (excludes halogenated alkanes) is 5. The van der Waals surface area contributed by atoms with Crippen molar-refractivity contribution >= 4 is 15.9 Å². The second-order valence-electron chi connectivity index (χ2n) is 2.68. The largest absolute Gasteiger partial charge is 0.0931 e. The first-order valence-corrected chi connectivity index (χ1v) is 6.01. The molecule has 0 amide bonds. The van der Waals surface area contributed by atoms with Crippen LogP contribution < -0.4 is 0 Å². The minimum Gasteiger partial charge on any atom is -0.0931 e. The second-order valence-corrected chi connectivity index (χ2v) is 3.80. The molecule has 0 N–H and O–H groups in total. The Kier molecular flexibility index (Phi) is 21.5. The van der Waals surface area contributed by atoms with Crippen LogP contribution in [-0.2, 0) is 0 Å². The zero-order valence-electron chi connectivity index (χ0n) is 8.33. The summed E-state index contributed by atoms with van der Waals surface area (Å²) in [5, 5.41) is 1.06. The summed E-state index contributed by atoms with van der Waals surface area (Å²) in [5.74, 6) is 0. The van der Waals surface area contributed by atoms with E-state index in [9.17, 15) is 0 Å². The Morgan fingerprint density at radius 1 is 0.727 bits per heavy atom. The molecule has 0 nitrogen and oxygen atoms in total. The molecule has 0 bridgehead atoms. The van der Waals surface area contributed by atoms with E-state index in [4.69, 9.17) is 0 Å². The highest BCUT2D eigenvalue weighted by atomic mass is 79.9. The van der Waals surface area contributed by atoms with Crippen molar-refractivity contribution in [3.63, 3.8) is 0 Å². The van der Waals surface area contributed by atoms with Gasteiger partial charge in [0.2, 0.25) is 0 Å². The zero-order valence-corrected chi connectivity index (χ0v) is 9.91. The number of halogens is 1. The second kappa shape index (κ2) is 16.8. The molecule has 0 aromatic heterocycles. The van der Waals surface area contributed by atoms with Crippen LogP contribution in [0.25, 0.3) is 0 Å². The van der Waals surface area contributed by atoms with Gasteiger partial charge in [0.05, 0.1) is 0 Å². The van der Waals surface area contributed by atoms with Crippen molar-refractivity contribution < 1.29 is 0 Å². The highest BCUT2D eigenvalue weighted by Crippen LogP contribution is 2.03. The zero-order chi connectivity index (χ0) is 8.95. The molecule has 0 aliphatic heterocycles. The lowest BCUT2D eigenvalue weighted by molar-refractivity contribution is 0.624. The Morgan fingerprint density at radius 2 is 1.00 bits per heavy atom. The third-order valence-corrected chi connectivity index (χ3v) is 1.46. The van der Waals surface area contributed by atoms with Crippen molar-refractivity contribution in [3.8, 4) is 0 Å². The lowest BCUT2D eigenvalue weighted by Gasteiger charge is -1.93. The van der Waals surface area contributed by atoms with Gasteiger partial charge in [0, 0.05) is 5.33 Å². The maximum atomic E-state index is 3.15.